The number of hydrogen-bond donors (Lipinski definition) is 1. The number of aliphatic hydroxyl groups is 1. The number of carbonyl (C=O) groups excluding carboxylic acids is 2. The molecule has 1 aliphatic heterocycles. The zero-order valence-electron chi connectivity index (χ0n) is 14.4. The van der Waals surface area contributed by atoms with Gasteiger partial charge in [-0.2, -0.15) is 0 Å². The Morgan fingerprint density at radius 1 is 1.31 bits per heavy atom. The van der Waals surface area contributed by atoms with E-state index in [-0.39, 0.29) is 30.0 Å². The average molecular weight is 359 g/mol. The summed E-state index contributed by atoms with van der Waals surface area (Å²) in [5, 5.41) is 10.4. The van der Waals surface area contributed by atoms with Gasteiger partial charge in [-0.05, 0) is 25.1 Å². The molecule has 2 aromatic rings. The Bertz CT molecular complexity index is 886. The van der Waals surface area contributed by atoms with Crippen LogP contribution in [0.4, 0.5) is 4.39 Å². The number of carbonyl (C=O) groups is 2. The van der Waals surface area contributed by atoms with Crippen molar-refractivity contribution in [2.75, 3.05) is 20.3 Å². The summed E-state index contributed by atoms with van der Waals surface area (Å²) < 4.78 is 24.7. The number of methoxy groups -OCH3 is 1. The number of hydrogen-bond acceptors (Lipinski definition) is 5. The Kier molecular flexibility index (Phi) is 4.90. The van der Waals surface area contributed by atoms with Crippen molar-refractivity contribution in [3.05, 3.63) is 70.6 Å². The van der Waals surface area contributed by atoms with Crippen LogP contribution in [0, 0.1) is 12.7 Å². The molecule has 0 unspecified atom stereocenters. The molecule has 0 saturated heterocycles. The molecule has 0 saturated carbocycles. The van der Waals surface area contributed by atoms with Gasteiger partial charge in [-0.3, -0.25) is 9.59 Å². The van der Waals surface area contributed by atoms with Gasteiger partial charge in [0.25, 0.3) is 5.91 Å². The molecule has 1 N–H and O–H groups in total. The SMILES string of the molecule is COCCN1C(=O)C(O)=C(C(=O)c2ccc(C)o2)[C@@H]1c1ccccc1F. The molecule has 0 spiro atoms. The van der Waals surface area contributed by atoms with Crippen LogP contribution in [0.15, 0.2) is 52.1 Å². The second-order valence-electron chi connectivity index (χ2n) is 5.92. The molecular weight excluding hydrogens is 341 g/mol. The van der Waals surface area contributed by atoms with E-state index in [2.05, 4.69) is 0 Å². The first-order valence-corrected chi connectivity index (χ1v) is 8.04. The van der Waals surface area contributed by atoms with Gasteiger partial charge in [-0.15, -0.1) is 0 Å². The molecular formula is C19H18FNO5. The van der Waals surface area contributed by atoms with E-state index in [9.17, 15) is 19.1 Å². The van der Waals surface area contributed by atoms with Crippen molar-refractivity contribution in [1.82, 2.24) is 4.90 Å². The second kappa shape index (κ2) is 7.13. The largest absolute Gasteiger partial charge is 0.503 e. The molecule has 2 heterocycles. The van der Waals surface area contributed by atoms with Gasteiger partial charge in [0.15, 0.2) is 11.5 Å². The van der Waals surface area contributed by atoms with Gasteiger partial charge in [0.2, 0.25) is 5.78 Å². The molecule has 0 bridgehead atoms. The van der Waals surface area contributed by atoms with Gasteiger partial charge in [-0.25, -0.2) is 4.39 Å². The minimum absolute atomic E-state index is 0.0215. The molecule has 1 atom stereocenters. The van der Waals surface area contributed by atoms with E-state index in [4.69, 9.17) is 9.15 Å². The number of aryl methyl sites for hydroxylation is 1. The Labute approximate surface area is 149 Å². The van der Waals surface area contributed by atoms with Crippen LogP contribution in [-0.4, -0.2) is 42.0 Å². The molecule has 0 radical (unpaired) electrons. The first-order chi connectivity index (χ1) is 12.5. The van der Waals surface area contributed by atoms with E-state index in [0.717, 1.165) is 0 Å². The van der Waals surface area contributed by atoms with Crippen molar-refractivity contribution >= 4 is 11.7 Å². The highest BCUT2D eigenvalue weighted by molar-refractivity contribution is 6.15. The predicted molar refractivity (Wildman–Crippen MR) is 90.2 cm³/mol. The van der Waals surface area contributed by atoms with Gasteiger partial charge < -0.3 is 19.2 Å². The number of Topliss-reactive ketones (excluding diaryl/α,β-unsaturated/α-hetero) is 1. The number of halogens is 1. The molecule has 0 aliphatic carbocycles. The minimum atomic E-state index is -1.06. The van der Waals surface area contributed by atoms with Gasteiger partial charge in [0, 0.05) is 19.2 Å². The molecule has 0 fully saturated rings. The summed E-state index contributed by atoms with van der Waals surface area (Å²) in [6.45, 7) is 1.93. The van der Waals surface area contributed by atoms with Crippen molar-refractivity contribution in [2.45, 2.75) is 13.0 Å². The molecule has 136 valence electrons. The molecule has 7 heteroatoms. The van der Waals surface area contributed by atoms with E-state index >= 15 is 0 Å². The number of amides is 1. The Morgan fingerprint density at radius 2 is 2.04 bits per heavy atom. The van der Waals surface area contributed by atoms with Crippen LogP contribution >= 0.6 is 0 Å². The van der Waals surface area contributed by atoms with Gasteiger partial charge >= 0.3 is 0 Å². The van der Waals surface area contributed by atoms with Gasteiger partial charge in [0.05, 0.1) is 18.2 Å². The molecule has 1 amide bonds. The maximum Gasteiger partial charge on any atom is 0.290 e. The molecule has 6 nitrogen and oxygen atoms in total. The quantitative estimate of drug-likeness (QED) is 0.802. The third kappa shape index (κ3) is 3.01. The number of furan rings is 1. The molecule has 3 rings (SSSR count). The first-order valence-electron chi connectivity index (χ1n) is 8.04. The standard InChI is InChI=1S/C19H18FNO5/c1-11-7-8-14(26-11)17(22)15-16(12-5-3-4-6-13(12)20)21(9-10-25-2)19(24)18(15)23/h3-8,16,23H,9-10H2,1-2H3/t16-/m0/s1. The fourth-order valence-electron chi connectivity index (χ4n) is 3.02. The fraction of sp³-hybridized carbons (Fsp3) is 0.263. The molecule has 26 heavy (non-hydrogen) atoms. The van der Waals surface area contributed by atoms with Crippen molar-refractivity contribution in [3.63, 3.8) is 0 Å². The van der Waals surface area contributed by atoms with E-state index in [0.29, 0.717) is 5.76 Å². The number of ether oxygens (including phenoxy) is 1. The lowest BCUT2D eigenvalue weighted by Crippen LogP contribution is -2.34. The topological polar surface area (TPSA) is 80.0 Å². The van der Waals surface area contributed by atoms with Crippen LogP contribution in [0.3, 0.4) is 0 Å². The minimum Gasteiger partial charge on any atom is -0.503 e. The predicted octanol–water partition coefficient (Wildman–Crippen LogP) is 2.95. The van der Waals surface area contributed by atoms with Crippen LogP contribution in [-0.2, 0) is 9.53 Å². The lowest BCUT2D eigenvalue weighted by molar-refractivity contribution is -0.130. The third-order valence-corrected chi connectivity index (χ3v) is 4.25. The zero-order chi connectivity index (χ0) is 18.8. The molecule has 1 aromatic carbocycles. The Hall–Kier alpha value is -2.93. The summed E-state index contributed by atoms with van der Waals surface area (Å²) in [5.41, 5.74) is -0.0850. The number of nitrogens with zero attached hydrogens (tertiary/aromatic N) is 1. The van der Waals surface area contributed by atoms with E-state index < -0.39 is 29.3 Å². The Balaban J connectivity index is 2.10. The lowest BCUT2D eigenvalue weighted by atomic mass is 9.94. The van der Waals surface area contributed by atoms with Crippen molar-refractivity contribution < 1.29 is 28.2 Å². The number of ketones is 1. The number of benzene rings is 1. The van der Waals surface area contributed by atoms with Crippen LogP contribution in [0.25, 0.3) is 0 Å². The Morgan fingerprint density at radius 3 is 2.65 bits per heavy atom. The van der Waals surface area contributed by atoms with Crippen LogP contribution in [0.1, 0.15) is 27.9 Å². The third-order valence-electron chi connectivity index (χ3n) is 4.25. The summed E-state index contributed by atoms with van der Waals surface area (Å²) in [4.78, 5) is 26.6. The molecule has 1 aromatic heterocycles. The first kappa shape index (κ1) is 17.9. The lowest BCUT2D eigenvalue weighted by Gasteiger charge is -2.26. The zero-order valence-corrected chi connectivity index (χ0v) is 14.4. The summed E-state index contributed by atoms with van der Waals surface area (Å²) in [7, 11) is 1.46. The highest BCUT2D eigenvalue weighted by Crippen LogP contribution is 2.39. The van der Waals surface area contributed by atoms with Crippen molar-refractivity contribution in [2.24, 2.45) is 0 Å². The maximum atomic E-state index is 14.4. The van der Waals surface area contributed by atoms with Crippen LogP contribution in [0.5, 0.6) is 0 Å². The van der Waals surface area contributed by atoms with E-state index in [1.807, 2.05) is 0 Å². The second-order valence-corrected chi connectivity index (χ2v) is 5.92. The van der Waals surface area contributed by atoms with Crippen LogP contribution in [0.2, 0.25) is 0 Å². The fourth-order valence-corrected chi connectivity index (χ4v) is 3.02. The summed E-state index contributed by atoms with van der Waals surface area (Å²) in [6.07, 6.45) is 0. The van der Waals surface area contributed by atoms with E-state index in [1.54, 1.807) is 19.1 Å². The number of aliphatic hydroxyl groups excluding tert-OH is 1. The van der Waals surface area contributed by atoms with Crippen molar-refractivity contribution in [1.29, 1.82) is 0 Å². The van der Waals surface area contributed by atoms with Gasteiger partial charge in [-0.1, -0.05) is 18.2 Å². The average Bonchev–Trinajstić information content (AvgIpc) is 3.16. The highest BCUT2D eigenvalue weighted by Gasteiger charge is 2.45. The van der Waals surface area contributed by atoms with Crippen LogP contribution < -0.4 is 0 Å². The maximum absolute atomic E-state index is 14.4. The van der Waals surface area contributed by atoms with Crippen molar-refractivity contribution in [3.8, 4) is 0 Å². The normalized spacial score (nSPS) is 17.3. The molecule has 1 aliphatic rings. The highest BCUT2D eigenvalue weighted by atomic mass is 19.1. The monoisotopic (exact) mass is 359 g/mol. The number of rotatable bonds is 6. The summed E-state index contributed by atoms with van der Waals surface area (Å²) >= 11 is 0. The van der Waals surface area contributed by atoms with Gasteiger partial charge in [0.1, 0.15) is 11.6 Å². The van der Waals surface area contributed by atoms with E-state index in [1.165, 1.54) is 36.3 Å². The smallest absolute Gasteiger partial charge is 0.290 e. The summed E-state index contributed by atoms with van der Waals surface area (Å²) in [5.74, 6) is -2.20. The summed E-state index contributed by atoms with van der Waals surface area (Å²) in [6, 6.07) is 7.83.